The topological polar surface area (TPSA) is 137 Å². The van der Waals surface area contributed by atoms with Gasteiger partial charge >= 0.3 is 19.8 Å². The summed E-state index contributed by atoms with van der Waals surface area (Å²) in [6, 6.07) is 0. The lowest BCUT2D eigenvalue weighted by molar-refractivity contribution is -0.161. The average Bonchev–Trinajstić information content (AvgIpc) is 3.14. The molecule has 0 aromatic rings. The molecule has 0 heterocycles. The lowest BCUT2D eigenvalue weighted by Crippen LogP contribution is -2.30. The van der Waals surface area contributed by atoms with Crippen LogP contribution in [-0.2, 0) is 37.5 Å². The number of carbonyl (C=O) groups is 3. The first-order valence-electron chi connectivity index (χ1n) is 21.7. The number of ether oxygens (including phenoxy) is 2. The minimum Gasteiger partial charge on any atom is -0.462 e. The summed E-state index contributed by atoms with van der Waals surface area (Å²) in [6.07, 6.45) is 38.8. The Morgan fingerprint density at radius 2 is 0.981 bits per heavy atom. The maximum Gasteiger partial charge on any atom is 0.472 e. The third kappa shape index (κ3) is 39.7. The molecule has 0 aliphatic carbocycles. The van der Waals surface area contributed by atoms with E-state index in [4.69, 9.17) is 18.5 Å². The van der Waals surface area contributed by atoms with Crippen molar-refractivity contribution in [2.24, 2.45) is 0 Å². The smallest absolute Gasteiger partial charge is 0.462 e. The number of rotatable bonds is 40. The number of allylic oxidation sites excluding steroid dienone is 4. The van der Waals surface area contributed by atoms with E-state index < -0.39 is 32.5 Å². The molecule has 0 aliphatic rings. The van der Waals surface area contributed by atoms with E-state index in [1.54, 1.807) is 0 Å². The number of carbonyl (C=O) groups excluding carboxylic acids is 3. The van der Waals surface area contributed by atoms with E-state index in [2.05, 4.69) is 43.5 Å². The molecule has 0 saturated carbocycles. The van der Waals surface area contributed by atoms with Gasteiger partial charge < -0.3 is 19.7 Å². The van der Waals surface area contributed by atoms with Crippen molar-refractivity contribution in [2.75, 3.05) is 26.4 Å². The fourth-order valence-electron chi connectivity index (χ4n) is 5.90. The summed E-state index contributed by atoms with van der Waals surface area (Å²) < 4.78 is 33.1. The fourth-order valence-corrected chi connectivity index (χ4v) is 6.65. The summed E-state index contributed by atoms with van der Waals surface area (Å²) in [5.41, 5.74) is 0. The van der Waals surface area contributed by atoms with Crippen molar-refractivity contribution in [3.8, 4) is 0 Å². The van der Waals surface area contributed by atoms with Gasteiger partial charge in [-0.3, -0.25) is 23.4 Å². The predicted octanol–water partition coefficient (Wildman–Crippen LogP) is 11.8. The summed E-state index contributed by atoms with van der Waals surface area (Å²) in [6.45, 7) is 4.84. The van der Waals surface area contributed by atoms with Crippen LogP contribution in [0.3, 0.4) is 0 Å². The molecule has 316 valence electrons. The highest BCUT2D eigenvalue weighted by molar-refractivity contribution is 7.47. The van der Waals surface area contributed by atoms with Gasteiger partial charge in [-0.05, 0) is 64.2 Å². The number of phosphoric ester groups is 1. The average molecular weight is 786 g/mol. The molecule has 2 N–H and O–H groups in total. The molecule has 10 nitrogen and oxygen atoms in total. The third-order valence-corrected chi connectivity index (χ3v) is 10.2. The largest absolute Gasteiger partial charge is 0.472 e. The molecule has 1 amide bonds. The van der Waals surface area contributed by atoms with Gasteiger partial charge in [-0.15, -0.1) is 0 Å². The molecule has 0 aliphatic heterocycles. The van der Waals surface area contributed by atoms with Gasteiger partial charge in [0.25, 0.3) is 0 Å². The van der Waals surface area contributed by atoms with Crippen LogP contribution in [0, 0.1) is 0 Å². The van der Waals surface area contributed by atoms with Crippen LogP contribution in [0.4, 0.5) is 0 Å². The number of amides is 1. The molecule has 0 fully saturated rings. The zero-order valence-electron chi connectivity index (χ0n) is 34.7. The first-order chi connectivity index (χ1) is 26.2. The van der Waals surface area contributed by atoms with Crippen LogP contribution in [0.1, 0.15) is 201 Å². The molecule has 2 unspecified atom stereocenters. The van der Waals surface area contributed by atoms with Crippen LogP contribution in [0.15, 0.2) is 24.3 Å². The van der Waals surface area contributed by atoms with Gasteiger partial charge in [0, 0.05) is 26.3 Å². The highest BCUT2D eigenvalue weighted by Gasteiger charge is 2.26. The highest BCUT2D eigenvalue weighted by atomic mass is 31.2. The Hall–Kier alpha value is -2.00. The van der Waals surface area contributed by atoms with Gasteiger partial charge in [0.1, 0.15) is 6.61 Å². The Labute approximate surface area is 330 Å². The molecule has 0 rings (SSSR count). The number of unbranched alkanes of at least 4 members (excludes halogenated alkanes) is 22. The van der Waals surface area contributed by atoms with E-state index in [-0.39, 0.29) is 38.5 Å². The second-order valence-corrected chi connectivity index (χ2v) is 16.0. The molecule has 0 aromatic carbocycles. The van der Waals surface area contributed by atoms with Gasteiger partial charge in [-0.2, -0.15) is 0 Å². The lowest BCUT2D eigenvalue weighted by Gasteiger charge is -2.20. The monoisotopic (exact) mass is 786 g/mol. The van der Waals surface area contributed by atoms with Crippen LogP contribution in [0.5, 0.6) is 0 Å². The van der Waals surface area contributed by atoms with Crippen molar-refractivity contribution in [2.45, 2.75) is 207 Å². The van der Waals surface area contributed by atoms with Gasteiger partial charge in [-0.1, -0.05) is 141 Å². The molecule has 0 radical (unpaired) electrons. The Bertz CT molecular complexity index is 1000. The molecular formula is C43H80NO9P. The fraction of sp³-hybridized carbons (Fsp3) is 0.837. The second kappa shape index (κ2) is 39.2. The number of esters is 2. The van der Waals surface area contributed by atoms with Gasteiger partial charge in [0.2, 0.25) is 5.91 Å². The van der Waals surface area contributed by atoms with E-state index in [0.717, 1.165) is 64.2 Å². The van der Waals surface area contributed by atoms with E-state index in [0.29, 0.717) is 12.8 Å². The molecule has 0 bridgehead atoms. The molecule has 11 heteroatoms. The SMILES string of the molecule is CCCCCCCCC=CCCCCCCCC(=O)OCC(COP(=O)(O)OCCNC(C)=O)OC(=O)CCCCCCCC=CCCCCCCCC. The van der Waals surface area contributed by atoms with E-state index in [9.17, 15) is 23.8 Å². The molecular weight excluding hydrogens is 705 g/mol. The highest BCUT2D eigenvalue weighted by Crippen LogP contribution is 2.43. The molecule has 0 saturated heterocycles. The number of hydrogen-bond acceptors (Lipinski definition) is 8. The summed E-state index contributed by atoms with van der Waals surface area (Å²) >= 11 is 0. The number of nitrogens with one attached hydrogen (secondary N) is 1. The van der Waals surface area contributed by atoms with Crippen molar-refractivity contribution in [1.29, 1.82) is 0 Å². The molecule has 54 heavy (non-hydrogen) atoms. The second-order valence-electron chi connectivity index (χ2n) is 14.5. The maximum absolute atomic E-state index is 12.6. The Morgan fingerprint density at radius 1 is 0.574 bits per heavy atom. The quantitative estimate of drug-likeness (QED) is 0.0269. The number of phosphoric acid groups is 1. The Balaban J connectivity index is 4.36. The molecule has 2 atom stereocenters. The predicted molar refractivity (Wildman–Crippen MR) is 220 cm³/mol. The summed E-state index contributed by atoms with van der Waals surface area (Å²) in [5.74, 6) is -1.19. The van der Waals surface area contributed by atoms with Crippen LogP contribution < -0.4 is 5.32 Å². The summed E-state index contributed by atoms with van der Waals surface area (Å²) in [4.78, 5) is 46.1. The Morgan fingerprint density at radius 3 is 1.43 bits per heavy atom. The van der Waals surface area contributed by atoms with Crippen LogP contribution in [0.2, 0.25) is 0 Å². The van der Waals surface area contributed by atoms with Crippen molar-refractivity contribution in [1.82, 2.24) is 5.32 Å². The van der Waals surface area contributed by atoms with E-state index in [1.807, 2.05) is 0 Å². The summed E-state index contributed by atoms with van der Waals surface area (Å²) in [5, 5.41) is 2.46. The van der Waals surface area contributed by atoms with Gasteiger partial charge in [-0.25, -0.2) is 4.57 Å². The first-order valence-corrected chi connectivity index (χ1v) is 23.2. The third-order valence-electron chi connectivity index (χ3n) is 9.17. The van der Waals surface area contributed by atoms with Crippen LogP contribution in [0.25, 0.3) is 0 Å². The van der Waals surface area contributed by atoms with Gasteiger partial charge in [0.05, 0.1) is 13.2 Å². The molecule has 0 spiro atoms. The van der Waals surface area contributed by atoms with Gasteiger partial charge in [0.15, 0.2) is 6.10 Å². The standard InChI is InChI=1S/C43H80NO9P/c1-4-6-8-10-12-14-16-18-20-22-24-26-28-30-32-34-42(46)50-38-41(39-52-54(48,49)51-37-36-44-40(3)45)53-43(47)35-33-31-29-27-25-23-21-19-17-15-13-11-9-7-5-2/h18-21,41H,4-17,22-39H2,1-3H3,(H,44,45)(H,48,49). The van der Waals surface area contributed by atoms with Crippen molar-refractivity contribution < 1.29 is 42.4 Å². The van der Waals surface area contributed by atoms with Crippen molar-refractivity contribution >= 4 is 25.7 Å². The van der Waals surface area contributed by atoms with E-state index in [1.165, 1.54) is 96.8 Å². The minimum atomic E-state index is -4.49. The minimum absolute atomic E-state index is 0.0333. The number of hydrogen-bond donors (Lipinski definition) is 2. The van der Waals surface area contributed by atoms with Crippen molar-refractivity contribution in [3.05, 3.63) is 24.3 Å². The summed E-state index contributed by atoms with van der Waals surface area (Å²) in [7, 11) is -4.49. The van der Waals surface area contributed by atoms with Crippen LogP contribution in [-0.4, -0.2) is 55.2 Å². The van der Waals surface area contributed by atoms with Crippen LogP contribution >= 0.6 is 7.82 Å². The Kier molecular flexibility index (Phi) is 37.8. The lowest BCUT2D eigenvalue weighted by atomic mass is 10.1. The molecule has 0 aromatic heterocycles. The zero-order valence-corrected chi connectivity index (χ0v) is 35.6. The zero-order chi connectivity index (χ0) is 39.8. The first kappa shape index (κ1) is 52.0. The van der Waals surface area contributed by atoms with Crippen molar-refractivity contribution in [3.63, 3.8) is 0 Å². The maximum atomic E-state index is 12.6. The van der Waals surface area contributed by atoms with E-state index >= 15 is 0 Å². The normalized spacial score (nSPS) is 13.3.